The van der Waals surface area contributed by atoms with Crippen molar-refractivity contribution in [2.45, 2.75) is 16.7 Å². The van der Waals surface area contributed by atoms with Gasteiger partial charge >= 0.3 is 0 Å². The standard InChI is InChI=1S/C21H17N3O5S3/c1-13-23-17-5-4-16(11-20(17)30-13)32(27,28)24-8-9-31(25,26)21-7-2-14(10-18(21)24)19-6-3-15(12-22)29-19/h2-7,10-11,25-26H,8-9H2,1H3. The number of aryl methyl sites for hydroxylation is 1. The zero-order valence-electron chi connectivity index (χ0n) is 16.7. The summed E-state index contributed by atoms with van der Waals surface area (Å²) in [7, 11) is -7.13. The number of benzene rings is 2. The quantitative estimate of drug-likeness (QED) is 0.414. The number of hydrogen-bond donors (Lipinski definition) is 2. The van der Waals surface area contributed by atoms with Crippen LogP contribution in [0.25, 0.3) is 21.5 Å². The maximum atomic E-state index is 13.6. The molecule has 32 heavy (non-hydrogen) atoms. The molecule has 0 radical (unpaired) electrons. The molecule has 0 amide bonds. The van der Waals surface area contributed by atoms with E-state index in [0.717, 1.165) is 15.2 Å². The third-order valence-corrected chi connectivity index (χ3v) is 9.76. The molecule has 0 bridgehead atoms. The first-order valence-electron chi connectivity index (χ1n) is 9.49. The highest BCUT2D eigenvalue weighted by Gasteiger charge is 2.36. The monoisotopic (exact) mass is 487 g/mol. The summed E-state index contributed by atoms with van der Waals surface area (Å²) in [6.07, 6.45) is 0. The zero-order valence-corrected chi connectivity index (χ0v) is 19.2. The highest BCUT2D eigenvalue weighted by Crippen LogP contribution is 2.56. The van der Waals surface area contributed by atoms with Gasteiger partial charge in [-0.3, -0.25) is 13.4 Å². The van der Waals surface area contributed by atoms with Gasteiger partial charge in [0.15, 0.2) is 0 Å². The van der Waals surface area contributed by atoms with Gasteiger partial charge in [-0.25, -0.2) is 13.4 Å². The summed E-state index contributed by atoms with van der Waals surface area (Å²) in [5, 5.41) is 9.85. The topological polar surface area (TPSA) is 128 Å². The normalized spacial score (nSPS) is 16.5. The van der Waals surface area contributed by atoms with Gasteiger partial charge in [0.25, 0.3) is 10.0 Å². The Morgan fingerprint density at radius 1 is 1.19 bits per heavy atom. The average Bonchev–Trinajstić information content (AvgIpc) is 3.38. The maximum absolute atomic E-state index is 13.6. The third-order valence-electron chi connectivity index (χ3n) is 5.21. The van der Waals surface area contributed by atoms with Crippen LogP contribution < -0.4 is 4.31 Å². The molecule has 0 unspecified atom stereocenters. The number of hydrogen-bond acceptors (Lipinski definition) is 8. The van der Waals surface area contributed by atoms with Crippen molar-refractivity contribution in [3.8, 4) is 17.4 Å². The van der Waals surface area contributed by atoms with Gasteiger partial charge in [-0.2, -0.15) is 15.9 Å². The van der Waals surface area contributed by atoms with Crippen molar-refractivity contribution in [2.75, 3.05) is 16.6 Å². The predicted molar refractivity (Wildman–Crippen MR) is 124 cm³/mol. The van der Waals surface area contributed by atoms with Crippen LogP contribution in [0.4, 0.5) is 5.69 Å². The summed E-state index contributed by atoms with van der Waals surface area (Å²) in [6, 6.07) is 14.5. The minimum atomic E-state index is -3.99. The van der Waals surface area contributed by atoms with Crippen LogP contribution in [0, 0.1) is 18.3 Å². The number of rotatable bonds is 3. The van der Waals surface area contributed by atoms with Crippen molar-refractivity contribution in [3.63, 3.8) is 0 Å². The van der Waals surface area contributed by atoms with Gasteiger partial charge in [-0.15, -0.1) is 11.3 Å². The van der Waals surface area contributed by atoms with Crippen LogP contribution in [0.5, 0.6) is 0 Å². The number of fused-ring (bicyclic) bond motifs is 2. The van der Waals surface area contributed by atoms with Crippen LogP contribution >= 0.6 is 21.9 Å². The van der Waals surface area contributed by atoms with Crippen LogP contribution in [0.1, 0.15) is 10.8 Å². The van der Waals surface area contributed by atoms with Crippen molar-refractivity contribution in [2.24, 2.45) is 0 Å². The number of nitriles is 1. The molecule has 0 fully saturated rings. The molecule has 2 N–H and O–H groups in total. The second-order valence-electron chi connectivity index (χ2n) is 7.27. The first-order valence-corrected chi connectivity index (χ1v) is 13.5. The van der Waals surface area contributed by atoms with E-state index in [0.29, 0.717) is 11.3 Å². The van der Waals surface area contributed by atoms with Crippen molar-refractivity contribution in [3.05, 3.63) is 59.3 Å². The van der Waals surface area contributed by atoms with E-state index in [-0.39, 0.29) is 33.5 Å². The average molecular weight is 488 g/mol. The third kappa shape index (κ3) is 3.37. The summed E-state index contributed by atoms with van der Waals surface area (Å²) < 4.78 is 55.8. The van der Waals surface area contributed by atoms with Gasteiger partial charge in [-0.05, 0) is 55.5 Å². The zero-order chi connectivity index (χ0) is 22.7. The summed E-state index contributed by atoms with van der Waals surface area (Å²) in [5.41, 5.74) is 1.44. The van der Waals surface area contributed by atoms with Crippen molar-refractivity contribution >= 4 is 47.9 Å². The molecule has 0 spiro atoms. The fourth-order valence-electron chi connectivity index (χ4n) is 3.69. The van der Waals surface area contributed by atoms with E-state index in [1.165, 1.54) is 33.8 Å². The van der Waals surface area contributed by atoms with Crippen LogP contribution in [0.2, 0.25) is 0 Å². The maximum Gasteiger partial charge on any atom is 0.264 e. The molecule has 1 aliphatic rings. The van der Waals surface area contributed by atoms with Gasteiger partial charge in [0, 0.05) is 5.56 Å². The van der Waals surface area contributed by atoms with Gasteiger partial charge in [0.1, 0.15) is 11.8 Å². The number of furan rings is 1. The van der Waals surface area contributed by atoms with Crippen LogP contribution in [0.15, 0.2) is 62.7 Å². The summed E-state index contributed by atoms with van der Waals surface area (Å²) >= 11 is 1.41. The molecule has 2 aromatic carbocycles. The Hall–Kier alpha value is -2.88. The highest BCUT2D eigenvalue weighted by molar-refractivity contribution is 8.24. The summed E-state index contributed by atoms with van der Waals surface area (Å²) in [6.45, 7) is 1.78. The molecule has 0 saturated carbocycles. The van der Waals surface area contributed by atoms with E-state index in [2.05, 4.69) is 4.98 Å². The Bertz CT molecular complexity index is 1520. The van der Waals surface area contributed by atoms with Crippen molar-refractivity contribution < 1.29 is 21.9 Å². The molecule has 3 heterocycles. The minimum absolute atomic E-state index is 0.0809. The van der Waals surface area contributed by atoms with Crippen LogP contribution in [-0.4, -0.2) is 34.8 Å². The smallest absolute Gasteiger partial charge is 0.264 e. The Kier molecular flexibility index (Phi) is 4.81. The lowest BCUT2D eigenvalue weighted by Gasteiger charge is -2.42. The molecule has 11 heteroatoms. The van der Waals surface area contributed by atoms with E-state index >= 15 is 0 Å². The molecule has 0 saturated heterocycles. The largest absolute Gasteiger partial charge is 0.446 e. The fourth-order valence-corrected chi connectivity index (χ4v) is 7.76. The molecular weight excluding hydrogens is 470 g/mol. The number of aromatic nitrogens is 1. The number of nitrogens with zero attached hydrogens (tertiary/aromatic N) is 3. The molecule has 0 aliphatic carbocycles. The second-order valence-corrected chi connectivity index (χ2v) is 12.5. The van der Waals surface area contributed by atoms with Crippen LogP contribution in [0.3, 0.4) is 0 Å². The van der Waals surface area contributed by atoms with E-state index < -0.39 is 20.6 Å². The first kappa shape index (κ1) is 21.0. The Morgan fingerprint density at radius 3 is 2.75 bits per heavy atom. The molecule has 0 atom stereocenters. The van der Waals surface area contributed by atoms with Crippen LogP contribution in [-0.2, 0) is 10.0 Å². The summed E-state index contributed by atoms with van der Waals surface area (Å²) in [5.74, 6) is 0.407. The van der Waals surface area contributed by atoms with Gasteiger partial charge in [0.05, 0.1) is 43.0 Å². The second kappa shape index (κ2) is 7.33. The Morgan fingerprint density at radius 2 is 2.00 bits per heavy atom. The fraction of sp³-hybridized carbons (Fsp3) is 0.143. The SMILES string of the molecule is Cc1nc2ccc(S(=O)(=O)N3CCS(O)(O)c4ccc(-c5ccc(C#N)o5)cc43)cc2s1. The highest BCUT2D eigenvalue weighted by atomic mass is 32.3. The van der Waals surface area contributed by atoms with Gasteiger partial charge < -0.3 is 4.42 Å². The minimum Gasteiger partial charge on any atom is -0.446 e. The van der Waals surface area contributed by atoms with E-state index in [1.807, 2.05) is 13.0 Å². The first-order chi connectivity index (χ1) is 15.2. The van der Waals surface area contributed by atoms with E-state index in [1.54, 1.807) is 30.3 Å². The molecule has 2 aromatic heterocycles. The van der Waals surface area contributed by atoms with E-state index in [9.17, 15) is 17.5 Å². The molecule has 5 rings (SSSR count). The van der Waals surface area contributed by atoms with Gasteiger partial charge in [0.2, 0.25) is 5.76 Å². The molecular formula is C21H17N3O5S3. The number of sulfonamides is 1. The molecule has 4 aromatic rings. The van der Waals surface area contributed by atoms with E-state index in [4.69, 9.17) is 9.68 Å². The molecule has 8 nitrogen and oxygen atoms in total. The molecule has 1 aliphatic heterocycles. The Balaban J connectivity index is 1.64. The summed E-state index contributed by atoms with van der Waals surface area (Å²) in [4.78, 5) is 4.64. The number of thiazole rings is 1. The lowest BCUT2D eigenvalue weighted by Crippen LogP contribution is -2.38. The van der Waals surface area contributed by atoms with Crippen molar-refractivity contribution in [1.29, 1.82) is 5.26 Å². The number of anilines is 1. The lowest BCUT2D eigenvalue weighted by molar-refractivity contribution is 0.484. The molecule has 164 valence electrons. The Labute approximate surface area is 189 Å². The van der Waals surface area contributed by atoms with Crippen molar-refractivity contribution in [1.82, 2.24) is 4.98 Å². The van der Waals surface area contributed by atoms with Gasteiger partial charge in [-0.1, -0.05) is 0 Å². The lowest BCUT2D eigenvalue weighted by atomic mass is 10.1. The predicted octanol–water partition coefficient (Wildman–Crippen LogP) is 5.05.